The molecule has 1 aliphatic carbocycles. The van der Waals surface area contributed by atoms with Gasteiger partial charge in [0.2, 0.25) is 0 Å². The van der Waals surface area contributed by atoms with Gasteiger partial charge >= 0.3 is 5.97 Å². The summed E-state index contributed by atoms with van der Waals surface area (Å²) in [4.78, 5) is 22.5. The summed E-state index contributed by atoms with van der Waals surface area (Å²) in [5.74, 6) is -0.527. The summed E-state index contributed by atoms with van der Waals surface area (Å²) in [6.45, 7) is 3.86. The molecule has 0 heterocycles. The highest BCUT2D eigenvalue weighted by Gasteiger charge is 2.41. The number of ketones is 1. The van der Waals surface area contributed by atoms with Crippen LogP contribution in [0.15, 0.2) is 0 Å². The van der Waals surface area contributed by atoms with Crippen molar-refractivity contribution in [1.82, 2.24) is 0 Å². The van der Waals surface area contributed by atoms with Crippen LogP contribution < -0.4 is 0 Å². The molecule has 1 saturated carbocycles. The fraction of sp³-hybridized carbons (Fsp3) is 0.778. The van der Waals surface area contributed by atoms with Crippen LogP contribution in [0.3, 0.4) is 0 Å². The fourth-order valence-electron chi connectivity index (χ4n) is 1.64. The van der Waals surface area contributed by atoms with E-state index in [1.54, 1.807) is 0 Å². The molecule has 0 radical (unpaired) electrons. The van der Waals surface area contributed by atoms with Gasteiger partial charge in [-0.1, -0.05) is 13.8 Å². The number of Topliss-reactive ketones (excluding diaryl/α,β-unsaturated/α-hetero) is 1. The van der Waals surface area contributed by atoms with Crippen molar-refractivity contribution in [2.75, 3.05) is 7.11 Å². The minimum absolute atomic E-state index is 0.00843. The Labute approximate surface area is 72.1 Å². The zero-order valence-corrected chi connectivity index (χ0v) is 7.66. The fourth-order valence-corrected chi connectivity index (χ4v) is 1.64. The van der Waals surface area contributed by atoms with E-state index in [1.807, 2.05) is 13.8 Å². The topological polar surface area (TPSA) is 43.4 Å². The quantitative estimate of drug-likeness (QED) is 0.436. The molecule has 0 aliphatic heterocycles. The monoisotopic (exact) mass is 170 g/mol. The highest BCUT2D eigenvalue weighted by atomic mass is 16.5. The Morgan fingerprint density at radius 1 is 1.50 bits per heavy atom. The predicted molar refractivity (Wildman–Crippen MR) is 43.5 cm³/mol. The van der Waals surface area contributed by atoms with Gasteiger partial charge in [0.1, 0.15) is 11.7 Å². The summed E-state index contributed by atoms with van der Waals surface area (Å²) >= 11 is 0. The summed E-state index contributed by atoms with van der Waals surface area (Å²) in [7, 11) is 1.32. The number of esters is 1. The average Bonchev–Trinajstić information content (AvgIpc) is 2.32. The highest BCUT2D eigenvalue weighted by Crippen LogP contribution is 2.33. The normalized spacial score (nSPS) is 35.2. The van der Waals surface area contributed by atoms with Gasteiger partial charge in [-0.25, -0.2) is 0 Å². The van der Waals surface area contributed by atoms with E-state index < -0.39 is 5.92 Å². The first-order chi connectivity index (χ1) is 5.57. The molecule has 0 amide bonds. The van der Waals surface area contributed by atoms with E-state index in [9.17, 15) is 9.59 Å². The zero-order valence-electron chi connectivity index (χ0n) is 7.66. The molecule has 68 valence electrons. The number of carbonyl (C=O) groups excluding carboxylic acids is 2. The first-order valence-electron chi connectivity index (χ1n) is 4.19. The van der Waals surface area contributed by atoms with Crippen molar-refractivity contribution in [3.63, 3.8) is 0 Å². The molecule has 0 aromatic rings. The van der Waals surface area contributed by atoms with E-state index in [0.29, 0.717) is 12.3 Å². The lowest BCUT2D eigenvalue weighted by Gasteiger charge is -2.04. The van der Waals surface area contributed by atoms with Gasteiger partial charge in [-0.15, -0.1) is 0 Å². The number of rotatable bonds is 1. The maximum absolute atomic E-state index is 11.4. The van der Waals surface area contributed by atoms with Gasteiger partial charge in [0.05, 0.1) is 7.11 Å². The molecular formula is C9H14O3. The Bertz CT molecular complexity index is 210. The lowest BCUT2D eigenvalue weighted by atomic mass is 10.0. The van der Waals surface area contributed by atoms with Gasteiger partial charge in [0.25, 0.3) is 0 Å². The molecule has 3 unspecified atom stereocenters. The maximum Gasteiger partial charge on any atom is 0.316 e. The van der Waals surface area contributed by atoms with E-state index in [4.69, 9.17) is 0 Å². The Kier molecular flexibility index (Phi) is 2.50. The van der Waals surface area contributed by atoms with Gasteiger partial charge in [0.15, 0.2) is 0 Å². The Balaban J connectivity index is 2.71. The van der Waals surface area contributed by atoms with Crippen LogP contribution in [0.2, 0.25) is 0 Å². The molecule has 3 nitrogen and oxygen atoms in total. The molecular weight excluding hydrogens is 156 g/mol. The number of hydrogen-bond acceptors (Lipinski definition) is 3. The number of carbonyl (C=O) groups is 2. The van der Waals surface area contributed by atoms with Crippen LogP contribution in [0.25, 0.3) is 0 Å². The van der Waals surface area contributed by atoms with E-state index in [-0.39, 0.29) is 17.7 Å². The first kappa shape index (κ1) is 9.23. The van der Waals surface area contributed by atoms with Crippen LogP contribution in [0.1, 0.15) is 20.3 Å². The van der Waals surface area contributed by atoms with Crippen molar-refractivity contribution in [3.05, 3.63) is 0 Å². The third kappa shape index (κ3) is 1.36. The second-order valence-corrected chi connectivity index (χ2v) is 3.48. The second kappa shape index (κ2) is 3.25. The summed E-state index contributed by atoms with van der Waals surface area (Å²) in [6, 6.07) is 0. The largest absolute Gasteiger partial charge is 0.468 e. The van der Waals surface area contributed by atoms with Crippen molar-refractivity contribution in [1.29, 1.82) is 0 Å². The van der Waals surface area contributed by atoms with Gasteiger partial charge in [-0.2, -0.15) is 0 Å². The summed E-state index contributed by atoms with van der Waals surface area (Å²) in [5.41, 5.74) is 0. The molecule has 0 bridgehead atoms. The van der Waals surface area contributed by atoms with Crippen LogP contribution in [0.5, 0.6) is 0 Å². The van der Waals surface area contributed by atoms with Gasteiger partial charge < -0.3 is 4.74 Å². The highest BCUT2D eigenvalue weighted by molar-refractivity contribution is 6.01. The molecule has 1 fully saturated rings. The number of ether oxygens (including phenoxy) is 1. The van der Waals surface area contributed by atoms with Crippen molar-refractivity contribution in [2.45, 2.75) is 20.3 Å². The summed E-state index contributed by atoms with van der Waals surface area (Å²) in [6.07, 6.45) is 0.646. The molecule has 12 heavy (non-hydrogen) atoms. The third-order valence-electron chi connectivity index (χ3n) is 2.74. The smallest absolute Gasteiger partial charge is 0.316 e. The molecule has 3 atom stereocenters. The molecule has 1 rings (SSSR count). The van der Waals surface area contributed by atoms with Crippen LogP contribution in [0.4, 0.5) is 0 Å². The van der Waals surface area contributed by atoms with E-state index in [1.165, 1.54) is 7.11 Å². The van der Waals surface area contributed by atoms with Crippen LogP contribution in [-0.2, 0) is 14.3 Å². The van der Waals surface area contributed by atoms with E-state index in [0.717, 1.165) is 0 Å². The maximum atomic E-state index is 11.4. The minimum atomic E-state index is -0.500. The van der Waals surface area contributed by atoms with Crippen molar-refractivity contribution >= 4 is 11.8 Å². The number of hydrogen-bond donors (Lipinski definition) is 0. The molecule has 0 saturated heterocycles. The van der Waals surface area contributed by atoms with Crippen molar-refractivity contribution < 1.29 is 14.3 Å². The van der Waals surface area contributed by atoms with Crippen molar-refractivity contribution in [2.24, 2.45) is 17.8 Å². The molecule has 0 aromatic carbocycles. The standard InChI is InChI=1S/C9H14O3/c1-5-4-7(9(11)12-3)8(10)6(5)2/h5-7H,4H2,1-3H3. The zero-order chi connectivity index (χ0) is 9.30. The van der Waals surface area contributed by atoms with Crippen LogP contribution in [-0.4, -0.2) is 18.9 Å². The Morgan fingerprint density at radius 3 is 2.42 bits per heavy atom. The predicted octanol–water partition coefficient (Wildman–Crippen LogP) is 1.02. The molecule has 1 aliphatic rings. The SMILES string of the molecule is COC(=O)C1CC(C)C(C)C1=O. The molecule has 3 heteroatoms. The van der Waals surface area contributed by atoms with Crippen molar-refractivity contribution in [3.8, 4) is 0 Å². The Hall–Kier alpha value is -0.860. The van der Waals surface area contributed by atoms with Gasteiger partial charge in [-0.3, -0.25) is 9.59 Å². The molecule has 0 N–H and O–H groups in total. The van der Waals surface area contributed by atoms with Gasteiger partial charge in [-0.05, 0) is 12.3 Å². The molecule has 0 aromatic heterocycles. The number of methoxy groups -OCH3 is 1. The summed E-state index contributed by atoms with van der Waals surface area (Å²) in [5, 5.41) is 0. The van der Waals surface area contributed by atoms with Crippen LogP contribution >= 0.6 is 0 Å². The Morgan fingerprint density at radius 2 is 2.08 bits per heavy atom. The first-order valence-corrected chi connectivity index (χ1v) is 4.19. The lowest BCUT2D eigenvalue weighted by Crippen LogP contribution is -2.22. The van der Waals surface area contributed by atoms with E-state index in [2.05, 4.69) is 4.74 Å². The van der Waals surface area contributed by atoms with E-state index >= 15 is 0 Å². The second-order valence-electron chi connectivity index (χ2n) is 3.48. The molecule has 0 spiro atoms. The summed E-state index contributed by atoms with van der Waals surface area (Å²) < 4.78 is 4.54. The minimum Gasteiger partial charge on any atom is -0.468 e. The third-order valence-corrected chi connectivity index (χ3v) is 2.74. The van der Waals surface area contributed by atoms with Crippen LogP contribution in [0, 0.1) is 17.8 Å². The average molecular weight is 170 g/mol. The lowest BCUT2D eigenvalue weighted by molar-refractivity contribution is -0.148. The van der Waals surface area contributed by atoms with Gasteiger partial charge in [0, 0.05) is 5.92 Å².